The minimum atomic E-state index is -1.15. The smallest absolute Gasteiger partial charge is 0.259 e. The van der Waals surface area contributed by atoms with E-state index in [1.54, 1.807) is 11.4 Å². The number of nitrogens with zero attached hydrogens (tertiary/aromatic N) is 1. The van der Waals surface area contributed by atoms with Gasteiger partial charge in [0.25, 0.3) is 5.91 Å². The molecule has 1 aromatic carbocycles. The number of hydrogen-bond donors (Lipinski definition) is 1. The molecule has 3 aromatic rings. The van der Waals surface area contributed by atoms with E-state index in [1.807, 2.05) is 6.07 Å². The molecule has 3 rings (SSSR count). The Bertz CT molecular complexity index is 895. The van der Waals surface area contributed by atoms with E-state index in [0.29, 0.717) is 15.2 Å². The van der Waals surface area contributed by atoms with Gasteiger partial charge in [-0.1, -0.05) is 23.2 Å². The zero-order chi connectivity index (χ0) is 16.6. The van der Waals surface area contributed by atoms with Crippen LogP contribution in [0.4, 0.5) is 13.9 Å². The SMILES string of the molecule is O=C(Nc1nc(-c2ccc(Cl)s2)cs1)c1cc(F)c(F)cc1Cl. The van der Waals surface area contributed by atoms with E-state index in [1.165, 1.54) is 22.7 Å². The summed E-state index contributed by atoms with van der Waals surface area (Å²) in [6.45, 7) is 0. The summed E-state index contributed by atoms with van der Waals surface area (Å²) in [5.74, 6) is -2.93. The number of halogens is 4. The van der Waals surface area contributed by atoms with Gasteiger partial charge in [0.05, 0.1) is 25.5 Å². The molecule has 0 aliphatic heterocycles. The molecule has 23 heavy (non-hydrogen) atoms. The van der Waals surface area contributed by atoms with Crippen LogP contribution >= 0.6 is 45.9 Å². The molecule has 0 fully saturated rings. The number of thiazole rings is 1. The van der Waals surface area contributed by atoms with Crippen LogP contribution < -0.4 is 5.32 Å². The van der Waals surface area contributed by atoms with Crippen LogP contribution in [0.1, 0.15) is 10.4 Å². The van der Waals surface area contributed by atoms with Crippen LogP contribution in [0.15, 0.2) is 29.6 Å². The molecule has 0 unspecified atom stereocenters. The first-order chi connectivity index (χ1) is 10.9. The minimum absolute atomic E-state index is 0.165. The van der Waals surface area contributed by atoms with Crippen LogP contribution in [0.25, 0.3) is 10.6 Å². The lowest BCUT2D eigenvalue weighted by Crippen LogP contribution is -2.13. The number of rotatable bonds is 3. The Morgan fingerprint density at radius 2 is 1.91 bits per heavy atom. The van der Waals surface area contributed by atoms with E-state index >= 15 is 0 Å². The number of anilines is 1. The van der Waals surface area contributed by atoms with Gasteiger partial charge in [-0.05, 0) is 24.3 Å². The van der Waals surface area contributed by atoms with E-state index in [0.717, 1.165) is 17.0 Å². The number of aromatic nitrogens is 1. The molecule has 0 saturated heterocycles. The summed E-state index contributed by atoms with van der Waals surface area (Å²) in [6, 6.07) is 5.08. The zero-order valence-electron chi connectivity index (χ0n) is 11.1. The molecule has 2 heterocycles. The third kappa shape index (κ3) is 3.53. The Morgan fingerprint density at radius 3 is 2.61 bits per heavy atom. The Hall–Kier alpha value is -1.54. The van der Waals surface area contributed by atoms with Gasteiger partial charge in [-0.25, -0.2) is 13.8 Å². The number of carbonyl (C=O) groups excluding carboxylic acids is 1. The van der Waals surface area contributed by atoms with Gasteiger partial charge in [0.2, 0.25) is 0 Å². The van der Waals surface area contributed by atoms with Gasteiger partial charge in [-0.3, -0.25) is 10.1 Å². The van der Waals surface area contributed by atoms with Crippen molar-refractivity contribution in [1.82, 2.24) is 4.98 Å². The fraction of sp³-hybridized carbons (Fsp3) is 0. The molecule has 1 amide bonds. The third-order valence-corrected chi connectivity index (χ3v) is 5.13. The zero-order valence-corrected chi connectivity index (χ0v) is 14.2. The summed E-state index contributed by atoms with van der Waals surface area (Å²) < 4.78 is 26.9. The lowest BCUT2D eigenvalue weighted by atomic mass is 10.2. The number of hydrogen-bond acceptors (Lipinski definition) is 4. The van der Waals surface area contributed by atoms with Gasteiger partial charge in [-0.15, -0.1) is 22.7 Å². The second kappa shape index (κ2) is 6.52. The minimum Gasteiger partial charge on any atom is -0.298 e. The van der Waals surface area contributed by atoms with Crippen molar-refractivity contribution in [2.75, 3.05) is 5.32 Å². The Balaban J connectivity index is 1.81. The molecule has 118 valence electrons. The first-order valence-corrected chi connectivity index (χ1v) is 8.56. The highest BCUT2D eigenvalue weighted by Gasteiger charge is 2.17. The van der Waals surface area contributed by atoms with E-state index in [2.05, 4.69) is 10.3 Å². The Morgan fingerprint density at radius 1 is 1.17 bits per heavy atom. The lowest BCUT2D eigenvalue weighted by Gasteiger charge is -2.04. The maximum atomic E-state index is 13.2. The van der Waals surface area contributed by atoms with E-state index < -0.39 is 17.5 Å². The molecular formula is C14H6Cl2F2N2OS2. The van der Waals surface area contributed by atoms with Crippen LogP contribution in [0, 0.1) is 11.6 Å². The second-order valence-corrected chi connectivity index (χ2v) is 7.32. The number of carbonyl (C=O) groups is 1. The second-order valence-electron chi connectivity index (χ2n) is 4.34. The predicted molar refractivity (Wildman–Crippen MR) is 89.8 cm³/mol. The van der Waals surface area contributed by atoms with Crippen molar-refractivity contribution < 1.29 is 13.6 Å². The van der Waals surface area contributed by atoms with Crippen LogP contribution in [-0.4, -0.2) is 10.9 Å². The number of amides is 1. The molecule has 0 radical (unpaired) electrons. The first-order valence-electron chi connectivity index (χ1n) is 6.11. The summed E-state index contributed by atoms with van der Waals surface area (Å²) in [6.07, 6.45) is 0. The van der Waals surface area contributed by atoms with Crippen molar-refractivity contribution in [3.8, 4) is 10.6 Å². The fourth-order valence-electron chi connectivity index (χ4n) is 1.76. The first kappa shape index (κ1) is 16.3. The quantitative estimate of drug-likeness (QED) is 0.582. The molecule has 1 N–H and O–H groups in total. The molecule has 0 saturated carbocycles. The summed E-state index contributed by atoms with van der Waals surface area (Å²) in [5, 5.41) is 4.40. The van der Waals surface area contributed by atoms with Crippen LogP contribution in [-0.2, 0) is 0 Å². The summed E-state index contributed by atoms with van der Waals surface area (Å²) in [7, 11) is 0. The molecule has 9 heteroatoms. The van der Waals surface area contributed by atoms with Crippen molar-refractivity contribution in [1.29, 1.82) is 0 Å². The van der Waals surface area contributed by atoms with Gasteiger partial charge in [0.15, 0.2) is 16.8 Å². The summed E-state index contributed by atoms with van der Waals surface area (Å²) in [5.41, 5.74) is 0.500. The highest BCUT2D eigenvalue weighted by molar-refractivity contribution is 7.20. The highest BCUT2D eigenvalue weighted by Crippen LogP contribution is 2.33. The predicted octanol–water partition coefficient (Wildman–Crippen LogP) is 5.71. The number of benzene rings is 1. The summed E-state index contributed by atoms with van der Waals surface area (Å²) in [4.78, 5) is 17.2. The van der Waals surface area contributed by atoms with Crippen molar-refractivity contribution in [3.63, 3.8) is 0 Å². The number of nitrogens with one attached hydrogen (secondary N) is 1. The van der Waals surface area contributed by atoms with Crippen LogP contribution in [0.5, 0.6) is 0 Å². The Labute approximate surface area is 147 Å². The van der Waals surface area contributed by atoms with E-state index in [4.69, 9.17) is 23.2 Å². The van der Waals surface area contributed by atoms with Crippen LogP contribution in [0.3, 0.4) is 0 Å². The maximum Gasteiger partial charge on any atom is 0.259 e. The van der Waals surface area contributed by atoms with Crippen molar-refractivity contribution in [2.45, 2.75) is 0 Å². The monoisotopic (exact) mass is 390 g/mol. The molecule has 2 aromatic heterocycles. The molecule has 3 nitrogen and oxygen atoms in total. The topological polar surface area (TPSA) is 42.0 Å². The molecule has 0 aliphatic carbocycles. The maximum absolute atomic E-state index is 13.2. The summed E-state index contributed by atoms with van der Waals surface area (Å²) >= 11 is 14.2. The van der Waals surface area contributed by atoms with Crippen LogP contribution in [0.2, 0.25) is 9.36 Å². The third-order valence-electron chi connectivity index (χ3n) is 2.80. The van der Waals surface area contributed by atoms with Gasteiger partial charge in [0, 0.05) is 5.38 Å². The van der Waals surface area contributed by atoms with Gasteiger partial charge < -0.3 is 0 Å². The van der Waals surface area contributed by atoms with Crippen molar-refractivity contribution in [2.24, 2.45) is 0 Å². The Kier molecular flexibility index (Phi) is 4.63. The van der Waals surface area contributed by atoms with Crippen molar-refractivity contribution >= 4 is 56.9 Å². The molecule has 0 bridgehead atoms. The molecule has 0 spiro atoms. The lowest BCUT2D eigenvalue weighted by molar-refractivity contribution is 0.102. The molecular weight excluding hydrogens is 385 g/mol. The number of thiophene rings is 1. The largest absolute Gasteiger partial charge is 0.298 e. The molecule has 0 atom stereocenters. The van der Waals surface area contributed by atoms with Gasteiger partial charge in [0.1, 0.15) is 0 Å². The van der Waals surface area contributed by atoms with Gasteiger partial charge >= 0.3 is 0 Å². The normalized spacial score (nSPS) is 10.8. The van der Waals surface area contributed by atoms with E-state index in [9.17, 15) is 13.6 Å². The van der Waals surface area contributed by atoms with E-state index in [-0.39, 0.29) is 10.6 Å². The van der Waals surface area contributed by atoms with Gasteiger partial charge in [-0.2, -0.15) is 0 Å². The average molecular weight is 391 g/mol. The fourth-order valence-corrected chi connectivity index (χ4v) is 3.78. The standard InChI is InChI=1S/C14H6Cl2F2N2OS2/c15-7-4-9(18)8(17)3-6(7)13(21)20-14-19-10(5-22-14)11-1-2-12(16)23-11/h1-5H,(H,19,20,21). The molecule has 0 aliphatic rings. The highest BCUT2D eigenvalue weighted by atomic mass is 35.5. The van der Waals surface area contributed by atoms with Crippen molar-refractivity contribution in [3.05, 3.63) is 56.2 Å². The average Bonchev–Trinajstić information content (AvgIpc) is 3.11.